The summed E-state index contributed by atoms with van der Waals surface area (Å²) in [5, 5.41) is 12.1. The van der Waals surface area contributed by atoms with Gasteiger partial charge in [0, 0.05) is 23.1 Å². The molecule has 0 amide bonds. The Bertz CT molecular complexity index is 398. The zero-order valence-corrected chi connectivity index (χ0v) is 9.62. The van der Waals surface area contributed by atoms with Crippen molar-refractivity contribution >= 4 is 21.7 Å². The molecule has 1 aliphatic rings. The second kappa shape index (κ2) is 4.60. The van der Waals surface area contributed by atoms with Gasteiger partial charge in [-0.05, 0) is 22.0 Å². The van der Waals surface area contributed by atoms with Crippen LogP contribution in [0.15, 0.2) is 16.7 Å². The first-order valence-electron chi connectivity index (χ1n) is 4.67. The van der Waals surface area contributed by atoms with E-state index in [0.29, 0.717) is 17.3 Å². The number of nitrogens with one attached hydrogen (secondary N) is 1. The van der Waals surface area contributed by atoms with E-state index in [2.05, 4.69) is 32.3 Å². The van der Waals surface area contributed by atoms with Crippen LogP contribution in [0.3, 0.4) is 0 Å². The van der Waals surface area contributed by atoms with Crippen LogP contribution in [0.1, 0.15) is 5.56 Å². The second-order valence-electron chi connectivity index (χ2n) is 3.45. The molecule has 2 heterocycles. The molecule has 1 aromatic heterocycles. The van der Waals surface area contributed by atoms with Crippen molar-refractivity contribution < 1.29 is 4.74 Å². The van der Waals surface area contributed by atoms with E-state index in [9.17, 15) is 0 Å². The van der Waals surface area contributed by atoms with E-state index in [0.717, 1.165) is 24.2 Å². The van der Waals surface area contributed by atoms with Crippen molar-refractivity contribution in [2.24, 2.45) is 5.92 Å². The van der Waals surface area contributed by atoms with Crippen LogP contribution in [0.2, 0.25) is 0 Å². The smallest absolute Gasteiger partial charge is 0.143 e. The molecule has 4 nitrogen and oxygen atoms in total. The fraction of sp³-hybridized carbons (Fsp3) is 0.400. The summed E-state index contributed by atoms with van der Waals surface area (Å²) < 4.78 is 5.88. The van der Waals surface area contributed by atoms with Crippen molar-refractivity contribution in [2.75, 3.05) is 25.1 Å². The van der Waals surface area contributed by atoms with Gasteiger partial charge >= 0.3 is 0 Å². The lowest BCUT2D eigenvalue weighted by Crippen LogP contribution is -2.33. The number of rotatable bonds is 3. The molecule has 0 aromatic carbocycles. The molecule has 0 atom stereocenters. The maximum absolute atomic E-state index is 8.90. The van der Waals surface area contributed by atoms with Crippen molar-refractivity contribution in [3.8, 4) is 6.07 Å². The third kappa shape index (κ3) is 2.46. The maximum Gasteiger partial charge on any atom is 0.143 e. The Morgan fingerprint density at radius 1 is 1.67 bits per heavy atom. The molecule has 1 saturated heterocycles. The van der Waals surface area contributed by atoms with Crippen molar-refractivity contribution in [3.05, 3.63) is 22.3 Å². The molecule has 0 aliphatic carbocycles. The van der Waals surface area contributed by atoms with Gasteiger partial charge in [0.05, 0.1) is 18.8 Å². The summed E-state index contributed by atoms with van der Waals surface area (Å²) in [7, 11) is 0. The SMILES string of the molecule is N#Cc1cc(Br)cnc1NCC1COC1. The highest BCUT2D eigenvalue weighted by atomic mass is 79.9. The lowest BCUT2D eigenvalue weighted by atomic mass is 10.1. The lowest BCUT2D eigenvalue weighted by molar-refractivity contribution is -0.0248. The molecular formula is C10H10BrN3O. The van der Waals surface area contributed by atoms with Gasteiger partial charge in [0.2, 0.25) is 0 Å². The third-order valence-corrected chi connectivity index (χ3v) is 2.67. The molecule has 0 spiro atoms. The zero-order chi connectivity index (χ0) is 10.7. The topological polar surface area (TPSA) is 57.9 Å². The van der Waals surface area contributed by atoms with Gasteiger partial charge in [0.25, 0.3) is 0 Å². The summed E-state index contributed by atoms with van der Waals surface area (Å²) in [6.45, 7) is 2.40. The first-order valence-corrected chi connectivity index (χ1v) is 5.46. The number of hydrogen-bond donors (Lipinski definition) is 1. The number of hydrogen-bond acceptors (Lipinski definition) is 4. The van der Waals surface area contributed by atoms with Crippen LogP contribution < -0.4 is 5.32 Å². The predicted molar refractivity (Wildman–Crippen MR) is 59.5 cm³/mol. The van der Waals surface area contributed by atoms with Crippen LogP contribution in [0, 0.1) is 17.2 Å². The molecule has 1 aliphatic heterocycles. The summed E-state index contributed by atoms with van der Waals surface area (Å²) in [5.41, 5.74) is 0.560. The fourth-order valence-electron chi connectivity index (χ4n) is 1.31. The summed E-state index contributed by atoms with van der Waals surface area (Å²) in [4.78, 5) is 4.16. The van der Waals surface area contributed by atoms with Gasteiger partial charge in [-0.3, -0.25) is 0 Å². The van der Waals surface area contributed by atoms with Gasteiger partial charge in [0.15, 0.2) is 0 Å². The Morgan fingerprint density at radius 2 is 2.47 bits per heavy atom. The van der Waals surface area contributed by atoms with Crippen molar-refractivity contribution in [1.82, 2.24) is 4.98 Å². The van der Waals surface area contributed by atoms with Gasteiger partial charge in [-0.2, -0.15) is 5.26 Å². The van der Waals surface area contributed by atoms with E-state index in [4.69, 9.17) is 10.00 Å². The molecule has 0 radical (unpaired) electrons. The van der Waals surface area contributed by atoms with Crippen LogP contribution in [0.5, 0.6) is 0 Å². The molecule has 0 bridgehead atoms. The van der Waals surface area contributed by atoms with Gasteiger partial charge in [-0.1, -0.05) is 0 Å². The van der Waals surface area contributed by atoms with E-state index < -0.39 is 0 Å². The monoisotopic (exact) mass is 267 g/mol. The van der Waals surface area contributed by atoms with Gasteiger partial charge in [0.1, 0.15) is 11.9 Å². The average Bonchev–Trinajstić information content (AvgIpc) is 2.17. The number of halogens is 1. The Morgan fingerprint density at radius 3 is 3.07 bits per heavy atom. The number of nitriles is 1. The highest BCUT2D eigenvalue weighted by Gasteiger charge is 2.18. The minimum atomic E-state index is 0.544. The molecule has 1 aromatic rings. The van der Waals surface area contributed by atoms with Crippen LogP contribution in [0.4, 0.5) is 5.82 Å². The van der Waals surface area contributed by atoms with E-state index in [1.807, 2.05) is 0 Å². The minimum Gasteiger partial charge on any atom is -0.381 e. The number of anilines is 1. The van der Waals surface area contributed by atoms with Crippen LogP contribution in [0.25, 0.3) is 0 Å². The van der Waals surface area contributed by atoms with Gasteiger partial charge in [-0.15, -0.1) is 0 Å². The molecule has 1 N–H and O–H groups in total. The second-order valence-corrected chi connectivity index (χ2v) is 4.36. The number of nitrogens with zero attached hydrogens (tertiary/aromatic N) is 2. The lowest BCUT2D eigenvalue weighted by Gasteiger charge is -2.26. The quantitative estimate of drug-likeness (QED) is 0.907. The molecule has 15 heavy (non-hydrogen) atoms. The summed E-state index contributed by atoms with van der Waals surface area (Å²) in [5.74, 6) is 1.19. The largest absolute Gasteiger partial charge is 0.381 e. The summed E-state index contributed by atoms with van der Waals surface area (Å²) in [6, 6.07) is 3.87. The highest BCUT2D eigenvalue weighted by Crippen LogP contribution is 2.18. The molecule has 2 rings (SSSR count). The average molecular weight is 268 g/mol. The normalized spacial score (nSPS) is 15.5. The standard InChI is InChI=1S/C10H10BrN3O/c11-9-1-8(2-12)10(14-4-9)13-3-7-5-15-6-7/h1,4,7H,3,5-6H2,(H,13,14). The number of aromatic nitrogens is 1. The summed E-state index contributed by atoms with van der Waals surface area (Å²) in [6.07, 6.45) is 1.68. The van der Waals surface area contributed by atoms with E-state index in [1.54, 1.807) is 12.3 Å². The highest BCUT2D eigenvalue weighted by molar-refractivity contribution is 9.10. The molecule has 78 valence electrons. The van der Waals surface area contributed by atoms with E-state index >= 15 is 0 Å². The molecule has 1 fully saturated rings. The Hall–Kier alpha value is -1.12. The maximum atomic E-state index is 8.90. The first kappa shape index (κ1) is 10.4. The van der Waals surface area contributed by atoms with Crippen LogP contribution in [-0.2, 0) is 4.74 Å². The van der Waals surface area contributed by atoms with Gasteiger partial charge < -0.3 is 10.1 Å². The fourth-order valence-corrected chi connectivity index (χ4v) is 1.64. The Labute approximate surface area is 96.4 Å². The molecular weight excluding hydrogens is 258 g/mol. The molecule has 0 unspecified atom stereocenters. The predicted octanol–water partition coefficient (Wildman–Crippen LogP) is 1.77. The van der Waals surface area contributed by atoms with Gasteiger partial charge in [-0.25, -0.2) is 4.98 Å². The first-order chi connectivity index (χ1) is 7.29. The van der Waals surface area contributed by atoms with Crippen molar-refractivity contribution in [1.29, 1.82) is 5.26 Å². The van der Waals surface area contributed by atoms with Crippen LogP contribution >= 0.6 is 15.9 Å². The van der Waals surface area contributed by atoms with Crippen molar-refractivity contribution in [2.45, 2.75) is 0 Å². The van der Waals surface area contributed by atoms with E-state index in [1.165, 1.54) is 0 Å². The number of pyridine rings is 1. The minimum absolute atomic E-state index is 0.544. The Kier molecular flexibility index (Phi) is 3.19. The third-order valence-electron chi connectivity index (χ3n) is 2.24. The zero-order valence-electron chi connectivity index (χ0n) is 8.03. The van der Waals surface area contributed by atoms with Crippen molar-refractivity contribution in [3.63, 3.8) is 0 Å². The summed E-state index contributed by atoms with van der Waals surface area (Å²) >= 11 is 3.28. The molecule has 0 saturated carbocycles. The number of ether oxygens (including phenoxy) is 1. The molecule has 5 heteroatoms. The van der Waals surface area contributed by atoms with E-state index in [-0.39, 0.29) is 0 Å². The Balaban J connectivity index is 2.03. The van der Waals surface area contributed by atoms with Crippen LogP contribution in [-0.4, -0.2) is 24.7 Å².